The predicted molar refractivity (Wildman–Crippen MR) is 79.4 cm³/mol. The van der Waals surface area contributed by atoms with E-state index in [0.29, 0.717) is 0 Å². The van der Waals surface area contributed by atoms with Gasteiger partial charge in [0.2, 0.25) is 5.82 Å². The highest BCUT2D eigenvalue weighted by Gasteiger charge is 2.16. The van der Waals surface area contributed by atoms with Crippen molar-refractivity contribution in [3.05, 3.63) is 47.4 Å². The number of hydrogen-bond donors (Lipinski definition) is 1. The minimum Gasteiger partial charge on any atom is -0.363 e. The van der Waals surface area contributed by atoms with Crippen LogP contribution in [0.15, 0.2) is 30.5 Å². The third kappa shape index (κ3) is 2.85. The van der Waals surface area contributed by atoms with Gasteiger partial charge in [0, 0.05) is 11.8 Å². The molecule has 0 aliphatic rings. The van der Waals surface area contributed by atoms with Gasteiger partial charge in [0.25, 0.3) is 5.91 Å². The molecular formula is C16H19N3O. The van der Waals surface area contributed by atoms with Crippen LogP contribution in [0.2, 0.25) is 0 Å². The average molecular weight is 269 g/mol. The lowest BCUT2D eigenvalue weighted by Gasteiger charge is -2.20. The molecule has 0 bridgehead atoms. The first-order valence-corrected chi connectivity index (χ1v) is 6.53. The number of nitrogens with two attached hydrogens (primary N) is 1. The topological polar surface area (TPSA) is 68.9 Å². The molecule has 104 valence electrons. The summed E-state index contributed by atoms with van der Waals surface area (Å²) in [5, 5.41) is 0. The second kappa shape index (κ2) is 5.04. The van der Waals surface area contributed by atoms with Gasteiger partial charge < -0.3 is 5.73 Å². The highest BCUT2D eigenvalue weighted by molar-refractivity contribution is 5.89. The van der Waals surface area contributed by atoms with Crippen molar-refractivity contribution in [1.82, 2.24) is 9.97 Å². The van der Waals surface area contributed by atoms with Crippen LogP contribution in [-0.4, -0.2) is 15.9 Å². The maximum Gasteiger partial charge on any atom is 0.286 e. The van der Waals surface area contributed by atoms with Crippen molar-refractivity contribution in [3.8, 4) is 11.3 Å². The minimum atomic E-state index is -0.614. The van der Waals surface area contributed by atoms with E-state index >= 15 is 0 Å². The van der Waals surface area contributed by atoms with E-state index in [1.807, 2.05) is 6.92 Å². The molecule has 4 nitrogen and oxygen atoms in total. The second-order valence-electron chi connectivity index (χ2n) is 5.91. The number of aromatic nitrogens is 2. The smallest absolute Gasteiger partial charge is 0.286 e. The molecule has 0 spiro atoms. The van der Waals surface area contributed by atoms with Crippen molar-refractivity contribution < 1.29 is 4.79 Å². The number of hydrogen-bond acceptors (Lipinski definition) is 3. The molecule has 0 saturated carbocycles. The van der Waals surface area contributed by atoms with E-state index in [0.717, 1.165) is 16.8 Å². The summed E-state index contributed by atoms with van der Waals surface area (Å²) in [6.07, 6.45) is 1.56. The van der Waals surface area contributed by atoms with Crippen molar-refractivity contribution in [2.24, 2.45) is 5.73 Å². The molecule has 0 aliphatic carbocycles. The van der Waals surface area contributed by atoms with Crippen LogP contribution in [0.5, 0.6) is 0 Å². The predicted octanol–water partition coefficient (Wildman–Crippen LogP) is 2.85. The number of amides is 1. The normalized spacial score (nSPS) is 11.4. The van der Waals surface area contributed by atoms with Crippen LogP contribution in [0.1, 0.15) is 42.5 Å². The first kappa shape index (κ1) is 14.2. The molecule has 2 aromatic rings. The van der Waals surface area contributed by atoms with E-state index in [2.05, 4.69) is 48.9 Å². The molecule has 20 heavy (non-hydrogen) atoms. The van der Waals surface area contributed by atoms with Gasteiger partial charge in [0.05, 0.1) is 5.69 Å². The van der Waals surface area contributed by atoms with Gasteiger partial charge in [-0.2, -0.15) is 0 Å². The largest absolute Gasteiger partial charge is 0.363 e. The highest BCUT2D eigenvalue weighted by atomic mass is 16.1. The van der Waals surface area contributed by atoms with Crippen LogP contribution in [0.3, 0.4) is 0 Å². The Morgan fingerprint density at radius 3 is 2.50 bits per heavy atom. The van der Waals surface area contributed by atoms with Crippen LogP contribution < -0.4 is 5.73 Å². The van der Waals surface area contributed by atoms with Crippen molar-refractivity contribution in [1.29, 1.82) is 0 Å². The van der Waals surface area contributed by atoms with Gasteiger partial charge in [-0.25, -0.2) is 9.97 Å². The van der Waals surface area contributed by atoms with Gasteiger partial charge in [-0.15, -0.1) is 0 Å². The Morgan fingerprint density at radius 1 is 1.20 bits per heavy atom. The van der Waals surface area contributed by atoms with Crippen LogP contribution in [0.4, 0.5) is 0 Å². The molecule has 0 aliphatic heterocycles. The number of carbonyl (C=O) groups excluding carboxylic acids is 1. The summed E-state index contributed by atoms with van der Waals surface area (Å²) in [5.74, 6) is -0.570. The van der Waals surface area contributed by atoms with E-state index in [9.17, 15) is 4.79 Å². The molecule has 0 atom stereocenters. The number of aryl methyl sites for hydroxylation is 1. The Labute approximate surface area is 119 Å². The molecule has 1 aromatic heterocycles. The van der Waals surface area contributed by atoms with E-state index in [4.69, 9.17) is 5.73 Å². The Kier molecular flexibility index (Phi) is 3.57. The number of carbonyl (C=O) groups is 1. The summed E-state index contributed by atoms with van der Waals surface area (Å²) in [5.41, 5.74) is 9.34. The highest BCUT2D eigenvalue weighted by Crippen LogP contribution is 2.29. The third-order valence-corrected chi connectivity index (χ3v) is 3.26. The lowest BCUT2D eigenvalue weighted by atomic mass is 9.85. The fourth-order valence-corrected chi connectivity index (χ4v) is 1.99. The van der Waals surface area contributed by atoms with Crippen LogP contribution in [-0.2, 0) is 5.41 Å². The Morgan fingerprint density at radius 2 is 1.90 bits per heavy atom. The molecule has 0 unspecified atom stereocenters. The Balaban J connectivity index is 2.57. The van der Waals surface area contributed by atoms with Crippen molar-refractivity contribution in [3.63, 3.8) is 0 Å². The van der Waals surface area contributed by atoms with Crippen molar-refractivity contribution >= 4 is 5.91 Å². The number of primary amides is 1. The molecule has 1 aromatic carbocycles. The van der Waals surface area contributed by atoms with Gasteiger partial charge in [-0.05, 0) is 35.6 Å². The molecule has 0 fully saturated rings. The van der Waals surface area contributed by atoms with Crippen molar-refractivity contribution in [2.75, 3.05) is 0 Å². The SMILES string of the molecule is Cc1ccc(C(C)(C)C)cc1-c1ccnc(C(N)=O)n1. The maximum atomic E-state index is 11.2. The molecule has 4 heteroatoms. The van der Waals surface area contributed by atoms with E-state index < -0.39 is 5.91 Å². The fraction of sp³-hybridized carbons (Fsp3) is 0.312. The zero-order chi connectivity index (χ0) is 14.9. The summed E-state index contributed by atoms with van der Waals surface area (Å²) in [6, 6.07) is 8.10. The van der Waals surface area contributed by atoms with Gasteiger partial charge in [-0.3, -0.25) is 4.79 Å². The van der Waals surface area contributed by atoms with Crippen molar-refractivity contribution in [2.45, 2.75) is 33.1 Å². The monoisotopic (exact) mass is 269 g/mol. The third-order valence-electron chi connectivity index (χ3n) is 3.26. The Bertz CT molecular complexity index is 657. The van der Waals surface area contributed by atoms with Gasteiger partial charge in [-0.1, -0.05) is 32.9 Å². The Hall–Kier alpha value is -2.23. The lowest BCUT2D eigenvalue weighted by Crippen LogP contribution is -2.15. The summed E-state index contributed by atoms with van der Waals surface area (Å²) < 4.78 is 0. The zero-order valence-corrected chi connectivity index (χ0v) is 12.3. The molecule has 2 rings (SSSR count). The molecule has 1 heterocycles. The van der Waals surface area contributed by atoms with Gasteiger partial charge in [0.15, 0.2) is 0 Å². The van der Waals surface area contributed by atoms with E-state index in [1.54, 1.807) is 12.3 Å². The fourth-order valence-electron chi connectivity index (χ4n) is 1.99. The van der Waals surface area contributed by atoms with Gasteiger partial charge in [0.1, 0.15) is 0 Å². The van der Waals surface area contributed by atoms with Gasteiger partial charge >= 0.3 is 0 Å². The van der Waals surface area contributed by atoms with Crippen LogP contribution >= 0.6 is 0 Å². The lowest BCUT2D eigenvalue weighted by molar-refractivity contribution is 0.0990. The number of rotatable bonds is 2. The summed E-state index contributed by atoms with van der Waals surface area (Å²) in [7, 11) is 0. The summed E-state index contributed by atoms with van der Waals surface area (Å²) in [4.78, 5) is 19.3. The quantitative estimate of drug-likeness (QED) is 0.911. The zero-order valence-electron chi connectivity index (χ0n) is 12.3. The summed E-state index contributed by atoms with van der Waals surface area (Å²) >= 11 is 0. The first-order chi connectivity index (χ1) is 9.29. The number of nitrogens with zero attached hydrogens (tertiary/aromatic N) is 2. The summed E-state index contributed by atoms with van der Waals surface area (Å²) in [6.45, 7) is 8.51. The molecule has 1 amide bonds. The van der Waals surface area contributed by atoms with Crippen LogP contribution in [0, 0.1) is 6.92 Å². The average Bonchev–Trinajstić information content (AvgIpc) is 2.38. The molecule has 0 radical (unpaired) electrons. The molecule has 0 saturated heterocycles. The van der Waals surface area contributed by atoms with Crippen LogP contribution in [0.25, 0.3) is 11.3 Å². The van der Waals surface area contributed by atoms with E-state index in [1.165, 1.54) is 5.56 Å². The van der Waals surface area contributed by atoms with E-state index in [-0.39, 0.29) is 11.2 Å². The first-order valence-electron chi connectivity index (χ1n) is 6.53. The minimum absolute atomic E-state index is 0.0445. The standard InChI is InChI=1S/C16H19N3O/c1-10-5-6-11(16(2,3)4)9-12(10)13-7-8-18-15(19-13)14(17)20/h5-9H,1-4H3,(H2,17,20). The molecular weight excluding hydrogens is 250 g/mol. The number of benzene rings is 1. The maximum absolute atomic E-state index is 11.2. The molecule has 2 N–H and O–H groups in total. The second-order valence-corrected chi connectivity index (χ2v) is 5.91.